The molecule has 2 aromatic carbocycles. The number of carbonyl (C=O) groups is 3. The average Bonchev–Trinajstić information content (AvgIpc) is 3.38. The first-order valence-electron chi connectivity index (χ1n) is 15.1. The molecule has 1 atom stereocenters. The zero-order valence-corrected chi connectivity index (χ0v) is 27.6. The van der Waals surface area contributed by atoms with Crippen molar-refractivity contribution in [1.29, 1.82) is 0 Å². The lowest BCUT2D eigenvalue weighted by Crippen LogP contribution is -2.26. The molecule has 1 aliphatic carbocycles. The van der Waals surface area contributed by atoms with Crippen molar-refractivity contribution in [3.8, 4) is 28.4 Å². The number of ether oxygens (including phenoxy) is 4. The molecule has 246 valence electrons. The van der Waals surface area contributed by atoms with Crippen molar-refractivity contribution in [3.63, 3.8) is 0 Å². The number of thiazole rings is 1. The third-order valence-electron chi connectivity index (χ3n) is 7.55. The maximum Gasteiger partial charge on any atom is 0.357 e. The van der Waals surface area contributed by atoms with Crippen LogP contribution < -0.4 is 35.6 Å². The van der Waals surface area contributed by atoms with E-state index < -0.39 is 5.97 Å². The van der Waals surface area contributed by atoms with Gasteiger partial charge in [-0.1, -0.05) is 12.5 Å². The minimum Gasteiger partial charge on any atom is -0.493 e. The molecular formula is C33H40N4O8S. The molecule has 0 radical (unpaired) electrons. The summed E-state index contributed by atoms with van der Waals surface area (Å²) >= 11 is 1.17. The fourth-order valence-corrected chi connectivity index (χ4v) is 6.17. The monoisotopic (exact) mass is 652 g/mol. The van der Waals surface area contributed by atoms with Crippen molar-refractivity contribution in [1.82, 2.24) is 10.3 Å². The second-order valence-electron chi connectivity index (χ2n) is 10.6. The van der Waals surface area contributed by atoms with Crippen LogP contribution in [0.25, 0.3) is 11.1 Å². The Morgan fingerprint density at radius 1 is 1.02 bits per heavy atom. The van der Waals surface area contributed by atoms with E-state index >= 15 is 0 Å². The Kier molecular flexibility index (Phi) is 12.0. The third kappa shape index (κ3) is 8.13. The Bertz CT molecular complexity index is 1640. The highest BCUT2D eigenvalue weighted by molar-refractivity contribution is 7.14. The van der Waals surface area contributed by atoms with Crippen LogP contribution in [0.15, 0.2) is 34.4 Å². The zero-order valence-electron chi connectivity index (χ0n) is 26.7. The minimum atomic E-state index is -0.520. The van der Waals surface area contributed by atoms with E-state index in [2.05, 4.69) is 20.9 Å². The number of nitrogens with one attached hydrogen (secondary N) is 3. The van der Waals surface area contributed by atoms with Gasteiger partial charge in [0.1, 0.15) is 0 Å². The fraction of sp³-hybridized carbons (Fsp3) is 0.424. The predicted molar refractivity (Wildman–Crippen MR) is 176 cm³/mol. The lowest BCUT2D eigenvalue weighted by molar-refractivity contribution is -0.119. The normalized spacial score (nSPS) is 13.4. The molecule has 0 unspecified atom stereocenters. The molecule has 0 saturated carbocycles. The lowest BCUT2D eigenvalue weighted by atomic mass is 9.95. The highest BCUT2D eigenvalue weighted by Gasteiger charge is 2.29. The van der Waals surface area contributed by atoms with Gasteiger partial charge in [0.05, 0.1) is 39.7 Å². The maximum atomic E-state index is 13.4. The third-order valence-corrected chi connectivity index (χ3v) is 8.30. The van der Waals surface area contributed by atoms with Crippen molar-refractivity contribution in [3.05, 3.63) is 56.7 Å². The van der Waals surface area contributed by atoms with E-state index in [9.17, 15) is 19.2 Å². The summed E-state index contributed by atoms with van der Waals surface area (Å²) in [6.45, 7) is 3.96. The second kappa shape index (κ2) is 16.1. The van der Waals surface area contributed by atoms with Gasteiger partial charge in [-0.3, -0.25) is 14.4 Å². The Hall–Kier alpha value is -4.65. The lowest BCUT2D eigenvalue weighted by Gasteiger charge is -2.19. The number of esters is 1. The largest absolute Gasteiger partial charge is 0.493 e. The minimum absolute atomic E-state index is 0.172. The van der Waals surface area contributed by atoms with Crippen molar-refractivity contribution in [2.45, 2.75) is 58.4 Å². The Labute approximate surface area is 271 Å². The van der Waals surface area contributed by atoms with E-state index in [1.165, 1.54) is 18.3 Å². The fourth-order valence-electron chi connectivity index (χ4n) is 5.48. The van der Waals surface area contributed by atoms with Crippen LogP contribution in [0.3, 0.4) is 0 Å². The second-order valence-corrected chi connectivity index (χ2v) is 11.5. The van der Waals surface area contributed by atoms with Crippen LogP contribution in [-0.4, -0.2) is 57.2 Å². The number of aromatic nitrogens is 1. The number of carbonyl (C=O) groups excluding carboxylic acids is 3. The summed E-state index contributed by atoms with van der Waals surface area (Å²) in [5.41, 5.74) is 3.59. The number of rotatable bonds is 14. The van der Waals surface area contributed by atoms with Crippen LogP contribution in [0, 0.1) is 0 Å². The van der Waals surface area contributed by atoms with Crippen molar-refractivity contribution >= 4 is 39.9 Å². The van der Waals surface area contributed by atoms with Crippen LogP contribution in [0.2, 0.25) is 0 Å². The molecule has 0 spiro atoms. The van der Waals surface area contributed by atoms with Crippen LogP contribution >= 0.6 is 11.3 Å². The molecule has 4 rings (SSSR count). The molecule has 1 aromatic heterocycles. The summed E-state index contributed by atoms with van der Waals surface area (Å²) < 4.78 is 22.0. The molecule has 0 aliphatic heterocycles. The van der Waals surface area contributed by atoms with E-state index in [-0.39, 0.29) is 35.6 Å². The smallest absolute Gasteiger partial charge is 0.357 e. The molecule has 3 N–H and O–H groups in total. The Morgan fingerprint density at radius 2 is 1.80 bits per heavy atom. The molecule has 1 aliphatic rings. The molecule has 2 amide bonds. The van der Waals surface area contributed by atoms with E-state index in [0.717, 1.165) is 29.5 Å². The number of fused-ring (bicyclic) bond motifs is 3. The van der Waals surface area contributed by atoms with Gasteiger partial charge in [0.2, 0.25) is 23.0 Å². The van der Waals surface area contributed by atoms with Gasteiger partial charge < -0.3 is 34.9 Å². The highest BCUT2D eigenvalue weighted by Crippen LogP contribution is 2.50. The van der Waals surface area contributed by atoms with Gasteiger partial charge >= 0.3 is 5.97 Å². The number of methoxy groups -OCH3 is 3. The summed E-state index contributed by atoms with van der Waals surface area (Å²) in [5.74, 6) is 0.579. The van der Waals surface area contributed by atoms with Crippen LogP contribution in [0.5, 0.6) is 17.2 Å². The van der Waals surface area contributed by atoms with E-state index in [0.29, 0.717) is 65.9 Å². The van der Waals surface area contributed by atoms with E-state index in [1.54, 1.807) is 45.8 Å². The quantitative estimate of drug-likeness (QED) is 0.158. The summed E-state index contributed by atoms with van der Waals surface area (Å²) in [6.07, 6.45) is 3.63. The average molecular weight is 653 g/mol. The molecule has 0 fully saturated rings. The van der Waals surface area contributed by atoms with Gasteiger partial charge in [-0.05, 0) is 67.5 Å². The van der Waals surface area contributed by atoms with Crippen LogP contribution in [0.4, 0.5) is 10.8 Å². The maximum absolute atomic E-state index is 13.4. The molecule has 0 saturated heterocycles. The summed E-state index contributed by atoms with van der Waals surface area (Å²) in [7, 11) is 4.67. The van der Waals surface area contributed by atoms with Gasteiger partial charge in [-0.2, -0.15) is 0 Å². The van der Waals surface area contributed by atoms with Gasteiger partial charge in [-0.25, -0.2) is 9.78 Å². The van der Waals surface area contributed by atoms with Crippen LogP contribution in [-0.2, 0) is 20.7 Å². The van der Waals surface area contributed by atoms with E-state index in [1.807, 2.05) is 12.1 Å². The number of hydrogen-bond acceptors (Lipinski definition) is 11. The van der Waals surface area contributed by atoms with Gasteiger partial charge in [0, 0.05) is 30.8 Å². The highest BCUT2D eigenvalue weighted by atomic mass is 32.1. The number of hydrogen-bond donors (Lipinski definition) is 3. The number of benzene rings is 1. The first-order chi connectivity index (χ1) is 22.2. The first-order valence-corrected chi connectivity index (χ1v) is 16.0. The van der Waals surface area contributed by atoms with Crippen molar-refractivity contribution in [2.75, 3.05) is 45.1 Å². The van der Waals surface area contributed by atoms with Gasteiger partial charge in [0.25, 0.3) is 0 Å². The molecule has 46 heavy (non-hydrogen) atoms. The number of anilines is 2. The zero-order chi connectivity index (χ0) is 33.2. The molecule has 0 bridgehead atoms. The number of unbranched alkanes of at least 4 members (excludes halogenated alkanes) is 2. The summed E-state index contributed by atoms with van der Waals surface area (Å²) in [4.78, 5) is 53.8. The number of aryl methyl sites for hydroxylation is 1. The summed E-state index contributed by atoms with van der Waals surface area (Å²) in [6, 6.07) is 6.74. The van der Waals surface area contributed by atoms with Gasteiger partial charge in [0.15, 0.2) is 22.3 Å². The SMILES string of the molecule is CCOC(=O)c1csc(NC(=O)CCCCCNc2ccc3c(cc2=O)[C@@H](NC(C)=O)CCc2cc(OC)c(OC)c(OC)c2-3)n1. The Balaban J connectivity index is 1.45. The van der Waals surface area contributed by atoms with Crippen molar-refractivity contribution in [2.24, 2.45) is 0 Å². The molecule has 1 heterocycles. The first kappa shape index (κ1) is 34.2. The Morgan fingerprint density at radius 3 is 2.50 bits per heavy atom. The van der Waals surface area contributed by atoms with E-state index in [4.69, 9.17) is 18.9 Å². The topological polar surface area (TPSA) is 154 Å². The molecule has 12 nitrogen and oxygen atoms in total. The molecule has 3 aromatic rings. The van der Waals surface area contributed by atoms with Gasteiger partial charge in [-0.15, -0.1) is 11.3 Å². The van der Waals surface area contributed by atoms with Crippen LogP contribution in [0.1, 0.15) is 73.6 Å². The molecule has 13 heteroatoms. The predicted octanol–water partition coefficient (Wildman–Crippen LogP) is 5.11. The number of nitrogens with zero attached hydrogens (tertiary/aromatic N) is 1. The van der Waals surface area contributed by atoms with Crippen molar-refractivity contribution < 1.29 is 33.3 Å². The molecular weight excluding hydrogens is 612 g/mol. The summed E-state index contributed by atoms with van der Waals surface area (Å²) in [5, 5.41) is 10.9. The standard InChI is InChI=1S/C33H40N4O8S/c1-6-45-32(41)25-18-46-33(36-25)37-28(40)10-8-7-9-15-34-24-14-12-21-22(17-26(24)39)23(35-19(2)38)13-11-20-16-27(42-3)30(43-4)31(44-5)29(20)21/h12,14,16-18,23H,6-11,13,15H2,1-5H3,(H,34,39)(H,35,38)(H,36,37,40)/t23-/m0/s1. The number of amides is 2.